The number of carbonyl (C=O) groups excluding carboxylic acids is 1. The second-order valence-corrected chi connectivity index (χ2v) is 7.66. The molecule has 2 atom stereocenters. The molecule has 0 spiro atoms. The highest BCUT2D eigenvalue weighted by molar-refractivity contribution is 5.83. The van der Waals surface area contributed by atoms with Crippen LogP contribution in [0.15, 0.2) is 0 Å². The van der Waals surface area contributed by atoms with Crippen molar-refractivity contribution in [1.82, 2.24) is 0 Å². The Bertz CT molecular complexity index is 1190. The zero-order chi connectivity index (χ0) is 27.9. The SMILES string of the molecule is CCOC(=O)C(C(C#N)(CC#N)CC#N)(C(C#N)(CC#N)CC#N)C(C#N)(CC#N)C(C#N)CC#N. The molecule has 0 rings (SSSR count). The molecular weight excluding hydrogens is 460 g/mol. The smallest absolute Gasteiger partial charge is 0.317 e. The van der Waals surface area contributed by atoms with Crippen molar-refractivity contribution in [3.05, 3.63) is 0 Å². The Balaban J connectivity index is 9.06. The molecule has 0 bridgehead atoms. The summed E-state index contributed by atoms with van der Waals surface area (Å²) in [4.78, 5) is 14.1. The van der Waals surface area contributed by atoms with E-state index in [1.54, 1.807) is 60.7 Å². The van der Waals surface area contributed by atoms with Gasteiger partial charge < -0.3 is 4.74 Å². The average Bonchev–Trinajstić information content (AvgIpc) is 2.87. The standard InChI is InChI=1S/C24H18N10O2/c1-2-36-20(35)24(21(16-32,4-10-26)5-11-27,22(17-33,6-12-28)7-13-29)23(18-34,8-14-30)19(15-31)3-9-25/h19H,2-8H2,1H3. The van der Waals surface area contributed by atoms with Gasteiger partial charge in [0.1, 0.15) is 21.7 Å². The van der Waals surface area contributed by atoms with E-state index in [0.29, 0.717) is 0 Å². The summed E-state index contributed by atoms with van der Waals surface area (Å²) < 4.78 is 5.20. The van der Waals surface area contributed by atoms with Gasteiger partial charge in [0.25, 0.3) is 0 Å². The number of carbonyl (C=O) groups is 1. The minimum Gasteiger partial charge on any atom is -0.465 e. The molecule has 0 aromatic heterocycles. The van der Waals surface area contributed by atoms with Gasteiger partial charge in [-0.1, -0.05) is 0 Å². The third kappa shape index (κ3) is 4.29. The molecule has 0 N–H and O–H groups in total. The quantitative estimate of drug-likeness (QED) is 0.366. The molecule has 2 unspecified atom stereocenters. The molecule has 0 heterocycles. The zero-order valence-electron chi connectivity index (χ0n) is 19.3. The van der Waals surface area contributed by atoms with E-state index in [4.69, 9.17) is 4.74 Å². The third-order valence-electron chi connectivity index (χ3n) is 6.24. The van der Waals surface area contributed by atoms with Gasteiger partial charge in [-0.15, -0.1) is 0 Å². The number of hydrogen-bond donors (Lipinski definition) is 0. The number of ether oxygens (including phenoxy) is 1. The predicted molar refractivity (Wildman–Crippen MR) is 114 cm³/mol. The van der Waals surface area contributed by atoms with Crippen LogP contribution in [0.3, 0.4) is 0 Å². The molecule has 0 radical (unpaired) electrons. The Morgan fingerprint density at radius 1 is 0.667 bits per heavy atom. The lowest BCUT2D eigenvalue weighted by molar-refractivity contribution is -0.194. The summed E-state index contributed by atoms with van der Waals surface area (Å²) in [5, 5.41) is 99.2. The number of rotatable bonds is 12. The second-order valence-electron chi connectivity index (χ2n) is 7.66. The average molecular weight is 478 g/mol. The monoisotopic (exact) mass is 478 g/mol. The van der Waals surface area contributed by atoms with Crippen molar-refractivity contribution in [2.75, 3.05) is 6.61 Å². The van der Waals surface area contributed by atoms with Crippen LogP contribution in [-0.2, 0) is 9.53 Å². The molecule has 0 amide bonds. The predicted octanol–water partition coefficient (Wildman–Crippen LogP) is 2.69. The lowest BCUT2D eigenvalue weighted by Gasteiger charge is -2.57. The first-order chi connectivity index (χ1) is 17.2. The highest BCUT2D eigenvalue weighted by Gasteiger charge is 2.80. The number of hydrogen-bond acceptors (Lipinski definition) is 12. The van der Waals surface area contributed by atoms with Crippen LogP contribution in [0.5, 0.6) is 0 Å². The fourth-order valence-electron chi connectivity index (χ4n) is 4.91. The van der Waals surface area contributed by atoms with Crippen molar-refractivity contribution in [2.45, 2.75) is 45.4 Å². The van der Waals surface area contributed by atoms with E-state index in [2.05, 4.69) is 0 Å². The topological polar surface area (TPSA) is 264 Å². The molecule has 12 nitrogen and oxygen atoms in total. The zero-order valence-corrected chi connectivity index (χ0v) is 19.3. The van der Waals surface area contributed by atoms with Crippen LogP contribution >= 0.6 is 0 Å². The van der Waals surface area contributed by atoms with Gasteiger partial charge in [-0.25, -0.2) is 0 Å². The van der Waals surface area contributed by atoms with Crippen LogP contribution in [0.25, 0.3) is 0 Å². The number of nitrogens with zero attached hydrogens (tertiary/aromatic N) is 10. The van der Waals surface area contributed by atoms with E-state index in [-0.39, 0.29) is 0 Å². The summed E-state index contributed by atoms with van der Waals surface area (Å²) in [6.07, 6.45) is -5.71. The molecule has 0 fully saturated rings. The van der Waals surface area contributed by atoms with Crippen molar-refractivity contribution in [2.24, 2.45) is 27.6 Å². The third-order valence-corrected chi connectivity index (χ3v) is 6.24. The van der Waals surface area contributed by atoms with Crippen LogP contribution < -0.4 is 0 Å². The van der Waals surface area contributed by atoms with Crippen molar-refractivity contribution in [3.63, 3.8) is 0 Å². The van der Waals surface area contributed by atoms with E-state index in [0.717, 1.165) is 0 Å². The van der Waals surface area contributed by atoms with Crippen molar-refractivity contribution in [3.8, 4) is 60.7 Å². The van der Waals surface area contributed by atoms with Crippen LogP contribution in [0.1, 0.15) is 45.4 Å². The molecule has 176 valence electrons. The lowest BCUT2D eigenvalue weighted by atomic mass is 9.36. The Morgan fingerprint density at radius 3 is 1.33 bits per heavy atom. The van der Waals surface area contributed by atoms with Gasteiger partial charge in [-0.3, -0.25) is 4.79 Å². The van der Waals surface area contributed by atoms with E-state index in [9.17, 15) is 57.4 Å². The highest BCUT2D eigenvalue weighted by atomic mass is 16.5. The minimum absolute atomic E-state index is 0.411. The lowest BCUT2D eigenvalue weighted by Crippen LogP contribution is -2.68. The summed E-state index contributed by atoms with van der Waals surface area (Å²) >= 11 is 0. The second kappa shape index (κ2) is 13.2. The van der Waals surface area contributed by atoms with Gasteiger partial charge in [0.15, 0.2) is 0 Å². The van der Waals surface area contributed by atoms with E-state index < -0.39 is 78.7 Å². The summed E-state index contributed by atoms with van der Waals surface area (Å²) in [5.74, 6) is -3.36. The summed E-state index contributed by atoms with van der Waals surface area (Å²) in [6.45, 7) is 0.925. The molecule has 0 aliphatic heterocycles. The van der Waals surface area contributed by atoms with E-state index in [1.165, 1.54) is 6.92 Å². The summed E-state index contributed by atoms with van der Waals surface area (Å²) in [6, 6.07) is 16.8. The fourth-order valence-corrected chi connectivity index (χ4v) is 4.91. The molecule has 0 aromatic rings. The number of nitriles is 10. The van der Waals surface area contributed by atoms with E-state index in [1.807, 2.05) is 0 Å². The Labute approximate surface area is 208 Å². The van der Waals surface area contributed by atoms with Crippen molar-refractivity contribution < 1.29 is 9.53 Å². The van der Waals surface area contributed by atoms with Gasteiger partial charge in [-0.2, -0.15) is 52.6 Å². The first kappa shape index (κ1) is 30.4. The molecule has 0 aliphatic carbocycles. The minimum atomic E-state index is -3.05. The van der Waals surface area contributed by atoms with E-state index >= 15 is 0 Å². The van der Waals surface area contributed by atoms with Crippen molar-refractivity contribution >= 4 is 5.97 Å². The fraction of sp³-hybridized carbons (Fsp3) is 0.542. The van der Waals surface area contributed by atoms with Gasteiger partial charge in [0.2, 0.25) is 0 Å². The molecule has 0 aromatic carbocycles. The number of esters is 1. The van der Waals surface area contributed by atoms with Gasteiger partial charge >= 0.3 is 5.97 Å². The Kier molecular flexibility index (Phi) is 11.1. The largest absolute Gasteiger partial charge is 0.465 e. The molecule has 0 saturated carbocycles. The molecule has 12 heteroatoms. The molecular formula is C24H18N10O2. The van der Waals surface area contributed by atoms with Crippen LogP contribution in [0.4, 0.5) is 0 Å². The van der Waals surface area contributed by atoms with Crippen LogP contribution in [-0.4, -0.2) is 12.6 Å². The summed E-state index contributed by atoms with van der Waals surface area (Å²) in [7, 11) is 0. The van der Waals surface area contributed by atoms with Crippen LogP contribution in [0, 0.1) is 141 Å². The van der Waals surface area contributed by atoms with Gasteiger partial charge in [-0.05, 0) is 6.92 Å². The highest BCUT2D eigenvalue weighted by Crippen LogP contribution is 2.70. The Morgan fingerprint density at radius 2 is 1.08 bits per heavy atom. The molecule has 36 heavy (non-hydrogen) atoms. The first-order valence-electron chi connectivity index (χ1n) is 10.3. The van der Waals surface area contributed by atoms with Crippen molar-refractivity contribution in [1.29, 1.82) is 52.6 Å². The Hall–Kier alpha value is -5.63. The molecule has 0 saturated heterocycles. The van der Waals surface area contributed by atoms with Gasteiger partial charge in [0.05, 0.1) is 112 Å². The molecule has 0 aliphatic rings. The normalized spacial score (nSPS) is 12.8. The summed E-state index contributed by atoms with van der Waals surface area (Å²) in [5.41, 5.74) is -11.0. The maximum absolute atomic E-state index is 14.1. The van der Waals surface area contributed by atoms with Crippen LogP contribution in [0.2, 0.25) is 0 Å². The maximum Gasteiger partial charge on any atom is 0.317 e. The van der Waals surface area contributed by atoms with Gasteiger partial charge in [0, 0.05) is 0 Å². The first-order valence-corrected chi connectivity index (χ1v) is 10.3. The maximum atomic E-state index is 14.1.